The molecule has 0 aliphatic heterocycles. The molecule has 0 aliphatic rings. The van der Waals surface area contributed by atoms with Crippen LogP contribution in [0.4, 0.5) is 0 Å². The van der Waals surface area contributed by atoms with Crippen molar-refractivity contribution < 1.29 is 4.79 Å². The molecule has 1 amide bonds. The highest BCUT2D eigenvalue weighted by Gasteiger charge is 2.06. The summed E-state index contributed by atoms with van der Waals surface area (Å²) in [5.41, 5.74) is 8.66. The van der Waals surface area contributed by atoms with Gasteiger partial charge in [0.2, 0.25) is 5.91 Å². The summed E-state index contributed by atoms with van der Waals surface area (Å²) < 4.78 is 0. The van der Waals surface area contributed by atoms with Crippen molar-refractivity contribution in [1.29, 1.82) is 0 Å². The third-order valence-electron chi connectivity index (χ3n) is 3.29. The minimum Gasteiger partial charge on any atom is -0.368 e. The zero-order valence-corrected chi connectivity index (χ0v) is 12.1. The van der Waals surface area contributed by atoms with E-state index in [1.807, 2.05) is 30.3 Å². The molecule has 3 heteroatoms. The third-order valence-corrected chi connectivity index (χ3v) is 3.29. The molecule has 2 rings (SSSR count). The molecule has 0 radical (unpaired) electrons. The third kappa shape index (κ3) is 4.89. The largest absolute Gasteiger partial charge is 0.368 e. The van der Waals surface area contributed by atoms with Crippen LogP contribution in [-0.2, 0) is 11.3 Å². The zero-order valence-electron chi connectivity index (χ0n) is 12.1. The summed E-state index contributed by atoms with van der Waals surface area (Å²) in [6.45, 7) is 2.39. The Morgan fingerprint density at radius 2 is 1.62 bits per heavy atom. The number of benzene rings is 2. The Morgan fingerprint density at radius 3 is 2.19 bits per heavy atom. The van der Waals surface area contributed by atoms with Crippen LogP contribution >= 0.6 is 0 Å². The Morgan fingerprint density at radius 1 is 1.05 bits per heavy atom. The highest BCUT2D eigenvalue weighted by molar-refractivity contribution is 5.79. The number of carbonyl (C=O) groups is 1. The Hall–Kier alpha value is -2.39. The number of nitrogens with one attached hydrogen (secondary N) is 1. The normalized spacial score (nSPS) is 12.4. The molecule has 0 heterocycles. The van der Waals surface area contributed by atoms with Crippen molar-refractivity contribution in [2.24, 2.45) is 5.73 Å². The lowest BCUT2D eigenvalue weighted by atomic mass is 10.1. The zero-order chi connectivity index (χ0) is 15.1. The molecule has 0 unspecified atom stereocenters. The molecule has 108 valence electrons. The maximum absolute atomic E-state index is 10.9. The lowest BCUT2D eigenvalue weighted by Crippen LogP contribution is -2.38. The summed E-state index contributed by atoms with van der Waals surface area (Å²) in [4.78, 5) is 10.9. The van der Waals surface area contributed by atoms with Gasteiger partial charge < -0.3 is 11.1 Å². The maximum atomic E-state index is 10.9. The monoisotopic (exact) mass is 280 g/mol. The van der Waals surface area contributed by atoms with Crippen molar-refractivity contribution >= 4 is 18.1 Å². The van der Waals surface area contributed by atoms with Crippen LogP contribution in [0, 0.1) is 0 Å². The summed E-state index contributed by atoms with van der Waals surface area (Å²) in [7, 11) is 0. The van der Waals surface area contributed by atoms with E-state index in [-0.39, 0.29) is 11.9 Å². The topological polar surface area (TPSA) is 55.1 Å². The van der Waals surface area contributed by atoms with E-state index in [4.69, 9.17) is 5.73 Å². The van der Waals surface area contributed by atoms with Crippen LogP contribution < -0.4 is 11.1 Å². The van der Waals surface area contributed by atoms with Crippen LogP contribution in [0.2, 0.25) is 0 Å². The van der Waals surface area contributed by atoms with Crippen molar-refractivity contribution in [3.8, 4) is 0 Å². The summed E-state index contributed by atoms with van der Waals surface area (Å²) in [6.07, 6.45) is 4.17. The van der Waals surface area contributed by atoms with E-state index in [0.29, 0.717) is 6.54 Å². The summed E-state index contributed by atoms with van der Waals surface area (Å²) in [5.74, 6) is -0.336. The average molecular weight is 280 g/mol. The summed E-state index contributed by atoms with van der Waals surface area (Å²) in [5, 5.41) is 3.08. The number of amides is 1. The molecular weight excluding hydrogens is 260 g/mol. The highest BCUT2D eigenvalue weighted by Crippen LogP contribution is 2.09. The van der Waals surface area contributed by atoms with E-state index in [0.717, 1.165) is 11.1 Å². The predicted molar refractivity (Wildman–Crippen MR) is 87.3 cm³/mol. The number of rotatable bonds is 6. The molecule has 2 aromatic carbocycles. The van der Waals surface area contributed by atoms with Crippen molar-refractivity contribution in [3.63, 3.8) is 0 Å². The van der Waals surface area contributed by atoms with Crippen LogP contribution in [0.5, 0.6) is 0 Å². The lowest BCUT2D eigenvalue weighted by molar-refractivity contribution is -0.119. The number of hydrogen-bond acceptors (Lipinski definition) is 2. The number of carbonyl (C=O) groups excluding carboxylic acids is 1. The Kier molecular flexibility index (Phi) is 5.29. The smallest absolute Gasteiger partial charge is 0.234 e. The van der Waals surface area contributed by atoms with E-state index in [9.17, 15) is 4.79 Å². The number of nitrogens with two attached hydrogens (primary N) is 1. The molecule has 0 aromatic heterocycles. The Balaban J connectivity index is 1.93. The molecule has 0 fully saturated rings. The molecule has 0 saturated heterocycles. The van der Waals surface area contributed by atoms with Gasteiger partial charge in [-0.15, -0.1) is 0 Å². The standard InChI is InChI=1S/C18H20N2O/c1-14(18(19)21)20-13-17-11-9-16(10-12-17)8-7-15-5-3-2-4-6-15/h2-12,14,20H,13H2,1H3,(H2,19,21)/b8-7-/t14-/m0/s1. The minimum absolute atomic E-state index is 0.317. The van der Waals surface area contributed by atoms with Gasteiger partial charge in [0.05, 0.1) is 6.04 Å². The first-order valence-corrected chi connectivity index (χ1v) is 7.00. The maximum Gasteiger partial charge on any atom is 0.234 e. The molecule has 3 N–H and O–H groups in total. The second-order valence-corrected chi connectivity index (χ2v) is 4.99. The fraction of sp³-hybridized carbons (Fsp3) is 0.167. The van der Waals surface area contributed by atoms with Crippen LogP contribution in [0.25, 0.3) is 12.2 Å². The van der Waals surface area contributed by atoms with Crippen LogP contribution in [-0.4, -0.2) is 11.9 Å². The van der Waals surface area contributed by atoms with Gasteiger partial charge in [0.25, 0.3) is 0 Å². The fourth-order valence-electron chi connectivity index (χ4n) is 1.87. The van der Waals surface area contributed by atoms with Gasteiger partial charge in [-0.3, -0.25) is 4.79 Å². The average Bonchev–Trinajstić information content (AvgIpc) is 2.52. The van der Waals surface area contributed by atoms with Gasteiger partial charge in [0, 0.05) is 6.54 Å². The highest BCUT2D eigenvalue weighted by atomic mass is 16.1. The van der Waals surface area contributed by atoms with Gasteiger partial charge >= 0.3 is 0 Å². The van der Waals surface area contributed by atoms with Gasteiger partial charge in [-0.25, -0.2) is 0 Å². The van der Waals surface area contributed by atoms with E-state index < -0.39 is 0 Å². The SMILES string of the molecule is C[C@H](NCc1ccc(/C=C\c2ccccc2)cc1)C(N)=O. The molecule has 21 heavy (non-hydrogen) atoms. The number of hydrogen-bond donors (Lipinski definition) is 2. The van der Waals surface area contributed by atoms with E-state index in [1.54, 1.807) is 6.92 Å². The minimum atomic E-state index is -0.336. The molecule has 0 aliphatic carbocycles. The quantitative estimate of drug-likeness (QED) is 0.799. The summed E-state index contributed by atoms with van der Waals surface area (Å²) in [6, 6.07) is 18.1. The van der Waals surface area contributed by atoms with Gasteiger partial charge in [0.1, 0.15) is 0 Å². The molecular formula is C18H20N2O. The molecule has 0 bridgehead atoms. The van der Waals surface area contributed by atoms with Crippen LogP contribution in [0.1, 0.15) is 23.6 Å². The second kappa shape index (κ2) is 7.41. The lowest BCUT2D eigenvalue weighted by Gasteiger charge is -2.09. The first-order valence-electron chi connectivity index (χ1n) is 7.00. The van der Waals surface area contributed by atoms with Crippen molar-refractivity contribution in [1.82, 2.24) is 5.32 Å². The van der Waals surface area contributed by atoms with Crippen LogP contribution in [0.15, 0.2) is 54.6 Å². The molecule has 2 aromatic rings. The van der Waals surface area contributed by atoms with E-state index in [2.05, 4.69) is 41.7 Å². The predicted octanol–water partition coefficient (Wildman–Crippen LogP) is 2.82. The Bertz CT molecular complexity index is 603. The van der Waals surface area contributed by atoms with Gasteiger partial charge in [-0.1, -0.05) is 66.7 Å². The van der Waals surface area contributed by atoms with Crippen molar-refractivity contribution in [2.45, 2.75) is 19.5 Å². The second-order valence-electron chi connectivity index (χ2n) is 4.99. The van der Waals surface area contributed by atoms with Crippen molar-refractivity contribution in [3.05, 3.63) is 71.3 Å². The van der Waals surface area contributed by atoms with Gasteiger partial charge in [0.15, 0.2) is 0 Å². The molecule has 1 atom stereocenters. The molecule has 0 spiro atoms. The van der Waals surface area contributed by atoms with E-state index in [1.165, 1.54) is 5.56 Å². The van der Waals surface area contributed by atoms with Crippen molar-refractivity contribution in [2.75, 3.05) is 0 Å². The first-order chi connectivity index (χ1) is 10.1. The number of primary amides is 1. The van der Waals surface area contributed by atoms with Gasteiger partial charge in [-0.2, -0.15) is 0 Å². The van der Waals surface area contributed by atoms with Gasteiger partial charge in [-0.05, 0) is 23.6 Å². The van der Waals surface area contributed by atoms with E-state index >= 15 is 0 Å². The van der Waals surface area contributed by atoms with Crippen LogP contribution in [0.3, 0.4) is 0 Å². The molecule has 3 nitrogen and oxygen atoms in total. The summed E-state index contributed by atoms with van der Waals surface area (Å²) >= 11 is 0. The molecule has 0 saturated carbocycles. The first kappa shape index (κ1) is 15.0. The Labute approximate surface area is 125 Å². The fourth-order valence-corrected chi connectivity index (χ4v) is 1.87.